The second kappa shape index (κ2) is 7.81. The van der Waals surface area contributed by atoms with Gasteiger partial charge >= 0.3 is 0 Å². The van der Waals surface area contributed by atoms with Gasteiger partial charge in [0, 0.05) is 0 Å². The summed E-state index contributed by atoms with van der Waals surface area (Å²) in [5.41, 5.74) is 3.22. The minimum Gasteiger partial charge on any atom is -0.286 e. The van der Waals surface area contributed by atoms with Crippen LogP contribution in [0.25, 0.3) is 6.08 Å². The molecule has 0 N–H and O–H groups in total. The molecule has 2 nitrogen and oxygen atoms in total. The molecule has 126 valence electrons. The Bertz CT molecular complexity index is 841. The van der Waals surface area contributed by atoms with Crippen molar-refractivity contribution in [1.82, 2.24) is 4.90 Å². The van der Waals surface area contributed by atoms with Crippen molar-refractivity contribution in [2.24, 2.45) is 0 Å². The number of benzene rings is 2. The molecule has 1 fully saturated rings. The lowest BCUT2D eigenvalue weighted by Gasteiger charge is -2.23. The predicted molar refractivity (Wildman–Crippen MR) is 110 cm³/mol. The van der Waals surface area contributed by atoms with Crippen LogP contribution in [0, 0.1) is 0 Å². The molecule has 3 rings (SSSR count). The highest BCUT2D eigenvalue weighted by atomic mass is 32.2. The van der Waals surface area contributed by atoms with Gasteiger partial charge in [-0.15, -0.1) is 0 Å². The molecule has 1 amide bonds. The lowest BCUT2D eigenvalue weighted by molar-refractivity contribution is -0.123. The predicted octanol–water partition coefficient (Wildman–Crippen LogP) is 5.60. The smallest absolute Gasteiger partial charge is 0.266 e. The second-order valence-electron chi connectivity index (χ2n) is 5.94. The highest BCUT2D eigenvalue weighted by Gasteiger charge is 2.35. The van der Waals surface area contributed by atoms with Gasteiger partial charge in [0.15, 0.2) is 0 Å². The van der Waals surface area contributed by atoms with Crippen LogP contribution in [0.15, 0.2) is 77.2 Å². The molecule has 1 aliphatic heterocycles. The number of rotatable bonds is 4. The van der Waals surface area contributed by atoms with Gasteiger partial charge in [-0.2, -0.15) is 0 Å². The average Bonchev–Trinajstić information content (AvgIpc) is 2.89. The third-order valence-corrected chi connectivity index (χ3v) is 5.38. The highest BCUT2D eigenvalue weighted by molar-refractivity contribution is 8.26. The standard InChI is InChI=1S/C21H19NOS2/c1-15(13-17-9-5-3-6-10-17)14-19-20(23)22(21(24)25-19)16(2)18-11-7-4-8-12-18/h3-14,16H,1-2H3/b15-13+,19-14-/t16-/m1/s1. The number of hydrogen-bond acceptors (Lipinski definition) is 3. The Morgan fingerprint density at radius 1 is 1.08 bits per heavy atom. The van der Waals surface area contributed by atoms with Crippen molar-refractivity contribution in [3.05, 3.63) is 88.3 Å². The summed E-state index contributed by atoms with van der Waals surface area (Å²) in [5.74, 6) is -0.0211. The van der Waals surface area contributed by atoms with E-state index in [1.165, 1.54) is 11.8 Å². The molecule has 1 aliphatic rings. The van der Waals surface area contributed by atoms with E-state index < -0.39 is 0 Å². The van der Waals surface area contributed by atoms with Gasteiger partial charge in [0.25, 0.3) is 5.91 Å². The number of hydrogen-bond donors (Lipinski definition) is 0. The SMILES string of the molecule is CC(/C=C1\SC(=S)N([C@H](C)c2ccccc2)C1=O)=C\c1ccccc1. The summed E-state index contributed by atoms with van der Waals surface area (Å²) in [5, 5.41) is 0. The molecule has 0 bridgehead atoms. The van der Waals surface area contributed by atoms with Crippen molar-refractivity contribution in [2.45, 2.75) is 19.9 Å². The Hall–Kier alpha value is -2.17. The maximum Gasteiger partial charge on any atom is 0.266 e. The summed E-state index contributed by atoms with van der Waals surface area (Å²) in [6.45, 7) is 4.01. The van der Waals surface area contributed by atoms with Crippen LogP contribution in [0.2, 0.25) is 0 Å². The molecular formula is C21H19NOS2. The molecule has 1 atom stereocenters. The van der Waals surface area contributed by atoms with E-state index in [0.717, 1.165) is 16.7 Å². The summed E-state index contributed by atoms with van der Waals surface area (Å²) in [6.07, 6.45) is 3.98. The zero-order chi connectivity index (χ0) is 17.8. The molecule has 0 spiro atoms. The van der Waals surface area contributed by atoms with Gasteiger partial charge in [-0.25, -0.2) is 0 Å². The fraction of sp³-hybridized carbons (Fsp3) is 0.143. The van der Waals surface area contributed by atoms with E-state index >= 15 is 0 Å². The Kier molecular flexibility index (Phi) is 5.51. The fourth-order valence-corrected chi connectivity index (χ4v) is 4.22. The van der Waals surface area contributed by atoms with Crippen LogP contribution in [0.3, 0.4) is 0 Å². The molecule has 1 saturated heterocycles. The van der Waals surface area contributed by atoms with Crippen molar-refractivity contribution in [3.8, 4) is 0 Å². The number of thiocarbonyl (C=S) groups is 1. The normalized spacial score (nSPS) is 18.1. The van der Waals surface area contributed by atoms with E-state index in [1.807, 2.05) is 80.6 Å². The van der Waals surface area contributed by atoms with E-state index in [2.05, 4.69) is 6.08 Å². The van der Waals surface area contributed by atoms with Gasteiger partial charge in [-0.3, -0.25) is 9.69 Å². The lowest BCUT2D eigenvalue weighted by atomic mass is 10.1. The molecule has 0 radical (unpaired) electrons. The number of thioether (sulfide) groups is 1. The van der Waals surface area contributed by atoms with Crippen LogP contribution < -0.4 is 0 Å². The van der Waals surface area contributed by atoms with Crippen molar-refractivity contribution in [2.75, 3.05) is 0 Å². The highest BCUT2D eigenvalue weighted by Crippen LogP contribution is 2.37. The van der Waals surface area contributed by atoms with Crippen molar-refractivity contribution in [1.29, 1.82) is 0 Å². The van der Waals surface area contributed by atoms with E-state index in [4.69, 9.17) is 12.2 Å². The number of carbonyl (C=O) groups is 1. The summed E-state index contributed by atoms with van der Waals surface area (Å²) >= 11 is 6.83. The van der Waals surface area contributed by atoms with E-state index in [1.54, 1.807) is 4.90 Å². The first-order valence-corrected chi connectivity index (χ1v) is 9.34. The van der Waals surface area contributed by atoms with Gasteiger partial charge in [0.05, 0.1) is 10.9 Å². The quantitative estimate of drug-likeness (QED) is 0.520. The maximum absolute atomic E-state index is 12.8. The van der Waals surface area contributed by atoms with Gasteiger partial charge in [-0.1, -0.05) is 90.7 Å². The zero-order valence-electron chi connectivity index (χ0n) is 14.2. The van der Waals surface area contributed by atoms with Crippen LogP contribution in [0.4, 0.5) is 0 Å². The van der Waals surface area contributed by atoms with Crippen LogP contribution in [-0.4, -0.2) is 15.1 Å². The minimum atomic E-state index is -0.0713. The molecule has 2 aromatic rings. The Labute approximate surface area is 158 Å². The first kappa shape index (κ1) is 17.6. The van der Waals surface area contributed by atoms with Crippen LogP contribution in [0.1, 0.15) is 31.0 Å². The summed E-state index contributed by atoms with van der Waals surface area (Å²) in [6, 6.07) is 20.0. The summed E-state index contributed by atoms with van der Waals surface area (Å²) in [4.78, 5) is 15.2. The summed E-state index contributed by atoms with van der Waals surface area (Å²) < 4.78 is 0.611. The molecule has 0 aliphatic carbocycles. The first-order chi connectivity index (χ1) is 12.1. The molecule has 2 aromatic carbocycles. The monoisotopic (exact) mass is 365 g/mol. The molecule has 0 saturated carbocycles. The third-order valence-electron chi connectivity index (χ3n) is 4.05. The second-order valence-corrected chi connectivity index (χ2v) is 7.61. The molecule has 0 unspecified atom stereocenters. The Balaban J connectivity index is 1.82. The maximum atomic E-state index is 12.8. The van der Waals surface area contributed by atoms with Gasteiger partial charge < -0.3 is 0 Å². The molecule has 4 heteroatoms. The van der Waals surface area contributed by atoms with Crippen LogP contribution in [0.5, 0.6) is 0 Å². The van der Waals surface area contributed by atoms with Crippen molar-refractivity contribution >= 4 is 40.3 Å². The third kappa shape index (κ3) is 4.09. The van der Waals surface area contributed by atoms with Crippen molar-refractivity contribution < 1.29 is 4.79 Å². The van der Waals surface area contributed by atoms with Gasteiger partial charge in [-0.05, 0) is 36.6 Å². The van der Waals surface area contributed by atoms with Gasteiger partial charge in [0.2, 0.25) is 0 Å². The summed E-state index contributed by atoms with van der Waals surface area (Å²) in [7, 11) is 0. The lowest BCUT2D eigenvalue weighted by Crippen LogP contribution is -2.31. The molecule has 25 heavy (non-hydrogen) atoms. The molecule has 0 aromatic heterocycles. The molecule has 1 heterocycles. The Morgan fingerprint density at radius 3 is 2.32 bits per heavy atom. The minimum absolute atomic E-state index is 0.0211. The average molecular weight is 366 g/mol. The van der Waals surface area contributed by atoms with Crippen LogP contribution >= 0.6 is 24.0 Å². The van der Waals surface area contributed by atoms with Gasteiger partial charge in [0.1, 0.15) is 4.32 Å². The zero-order valence-corrected chi connectivity index (χ0v) is 15.8. The largest absolute Gasteiger partial charge is 0.286 e. The number of amides is 1. The fourth-order valence-electron chi connectivity index (χ4n) is 2.75. The van der Waals surface area contributed by atoms with E-state index in [9.17, 15) is 4.79 Å². The Morgan fingerprint density at radius 2 is 1.68 bits per heavy atom. The number of nitrogens with zero attached hydrogens (tertiary/aromatic N) is 1. The van der Waals surface area contributed by atoms with Crippen LogP contribution in [-0.2, 0) is 4.79 Å². The number of carbonyl (C=O) groups excluding carboxylic acids is 1. The number of allylic oxidation sites excluding steroid dienone is 2. The van der Waals surface area contributed by atoms with Crippen molar-refractivity contribution in [3.63, 3.8) is 0 Å². The van der Waals surface area contributed by atoms with E-state index in [0.29, 0.717) is 9.23 Å². The topological polar surface area (TPSA) is 20.3 Å². The first-order valence-electron chi connectivity index (χ1n) is 8.11. The van der Waals surface area contributed by atoms with E-state index in [-0.39, 0.29) is 11.9 Å². The molecular weight excluding hydrogens is 346 g/mol.